The Hall–Kier alpha value is -1.31. The summed E-state index contributed by atoms with van der Waals surface area (Å²) in [6, 6.07) is 9.94. The molecular formula is C12H17NO. The van der Waals surface area contributed by atoms with Gasteiger partial charge in [-0.15, -0.1) is 0 Å². The average Bonchev–Trinajstić information content (AvgIpc) is 2.16. The van der Waals surface area contributed by atoms with E-state index in [1.807, 2.05) is 30.3 Å². The number of benzene rings is 1. The molecular weight excluding hydrogens is 174 g/mol. The Bertz CT molecular complexity index is 280. The van der Waals surface area contributed by atoms with E-state index in [4.69, 9.17) is 10.1 Å². The molecule has 2 nitrogen and oxygen atoms in total. The minimum Gasteiger partial charge on any atom is -0.481 e. The molecule has 0 amide bonds. The molecule has 0 spiro atoms. The fourth-order valence-corrected chi connectivity index (χ4v) is 1.10. The highest BCUT2D eigenvalue weighted by Crippen LogP contribution is 2.02. The van der Waals surface area contributed by atoms with Crippen LogP contribution < -0.4 is 0 Å². The lowest BCUT2D eigenvalue weighted by Crippen LogP contribution is -2.11. The molecule has 0 aromatic heterocycles. The van der Waals surface area contributed by atoms with Gasteiger partial charge in [0, 0.05) is 6.42 Å². The Labute approximate surface area is 85.4 Å². The average molecular weight is 191 g/mol. The van der Waals surface area contributed by atoms with Crippen molar-refractivity contribution in [2.75, 3.05) is 6.61 Å². The quantitative estimate of drug-likeness (QED) is 0.576. The van der Waals surface area contributed by atoms with Crippen LogP contribution in [0.25, 0.3) is 0 Å². The third kappa shape index (κ3) is 4.08. The van der Waals surface area contributed by atoms with Gasteiger partial charge in [0.25, 0.3) is 0 Å². The van der Waals surface area contributed by atoms with Crippen molar-refractivity contribution in [1.29, 1.82) is 5.41 Å². The van der Waals surface area contributed by atoms with Crippen molar-refractivity contribution in [2.45, 2.75) is 20.3 Å². The molecule has 2 heteroatoms. The first-order chi connectivity index (χ1) is 6.68. The maximum atomic E-state index is 7.60. The predicted molar refractivity (Wildman–Crippen MR) is 58.7 cm³/mol. The van der Waals surface area contributed by atoms with Gasteiger partial charge in [0.05, 0.1) is 6.61 Å². The summed E-state index contributed by atoms with van der Waals surface area (Å²) in [7, 11) is 0. The van der Waals surface area contributed by atoms with Gasteiger partial charge in [0.2, 0.25) is 0 Å². The van der Waals surface area contributed by atoms with E-state index >= 15 is 0 Å². The number of rotatable bonds is 4. The fraction of sp³-hybridized carbons (Fsp3) is 0.417. The number of hydrogen-bond acceptors (Lipinski definition) is 2. The van der Waals surface area contributed by atoms with Crippen LogP contribution in [0.15, 0.2) is 30.3 Å². The summed E-state index contributed by atoms with van der Waals surface area (Å²) in [5.74, 6) is 0.830. The molecule has 0 saturated carbocycles. The minimum absolute atomic E-state index is 0.352. The maximum absolute atomic E-state index is 7.60. The van der Waals surface area contributed by atoms with Gasteiger partial charge in [-0.25, -0.2) is 0 Å². The summed E-state index contributed by atoms with van der Waals surface area (Å²) < 4.78 is 5.29. The lowest BCUT2D eigenvalue weighted by atomic mass is 10.1. The zero-order valence-corrected chi connectivity index (χ0v) is 8.79. The maximum Gasteiger partial charge on any atom is 0.184 e. The van der Waals surface area contributed by atoms with Crippen LogP contribution in [-0.2, 0) is 11.2 Å². The van der Waals surface area contributed by atoms with Crippen LogP contribution >= 0.6 is 0 Å². The number of hydrogen-bond donors (Lipinski definition) is 1. The second kappa shape index (κ2) is 5.43. The molecule has 14 heavy (non-hydrogen) atoms. The molecule has 1 aromatic carbocycles. The summed E-state index contributed by atoms with van der Waals surface area (Å²) in [6.45, 7) is 4.79. The molecule has 0 aliphatic rings. The van der Waals surface area contributed by atoms with E-state index in [0.29, 0.717) is 24.8 Å². The van der Waals surface area contributed by atoms with Crippen LogP contribution in [0.1, 0.15) is 19.4 Å². The van der Waals surface area contributed by atoms with Crippen molar-refractivity contribution in [2.24, 2.45) is 5.92 Å². The minimum atomic E-state index is 0.352. The Balaban J connectivity index is 2.35. The number of ether oxygens (including phenoxy) is 1. The van der Waals surface area contributed by atoms with E-state index < -0.39 is 0 Å². The second-order valence-corrected chi connectivity index (χ2v) is 3.79. The van der Waals surface area contributed by atoms with Gasteiger partial charge >= 0.3 is 0 Å². The fourth-order valence-electron chi connectivity index (χ4n) is 1.10. The van der Waals surface area contributed by atoms with Crippen molar-refractivity contribution in [1.82, 2.24) is 0 Å². The van der Waals surface area contributed by atoms with E-state index in [1.54, 1.807) is 0 Å². The first-order valence-corrected chi connectivity index (χ1v) is 4.92. The molecule has 0 atom stereocenters. The molecule has 0 heterocycles. The van der Waals surface area contributed by atoms with Crippen LogP contribution in [0, 0.1) is 11.3 Å². The van der Waals surface area contributed by atoms with Crippen molar-refractivity contribution in [3.63, 3.8) is 0 Å². The first-order valence-electron chi connectivity index (χ1n) is 4.92. The molecule has 0 aliphatic heterocycles. The van der Waals surface area contributed by atoms with E-state index in [1.165, 1.54) is 0 Å². The first kappa shape index (κ1) is 10.8. The predicted octanol–water partition coefficient (Wildman–Crippen LogP) is 2.88. The molecule has 0 bridgehead atoms. The van der Waals surface area contributed by atoms with Gasteiger partial charge in [0.15, 0.2) is 5.90 Å². The Morgan fingerprint density at radius 3 is 2.50 bits per heavy atom. The third-order valence-electron chi connectivity index (χ3n) is 1.80. The highest BCUT2D eigenvalue weighted by atomic mass is 16.5. The molecule has 0 fully saturated rings. The molecule has 1 N–H and O–H groups in total. The molecule has 1 rings (SSSR count). The van der Waals surface area contributed by atoms with Gasteiger partial charge in [-0.05, 0) is 11.5 Å². The largest absolute Gasteiger partial charge is 0.481 e. The van der Waals surface area contributed by atoms with Crippen LogP contribution in [-0.4, -0.2) is 12.5 Å². The summed E-state index contributed by atoms with van der Waals surface area (Å²) in [5, 5.41) is 7.60. The monoisotopic (exact) mass is 191 g/mol. The van der Waals surface area contributed by atoms with Crippen molar-refractivity contribution < 1.29 is 4.74 Å². The highest BCUT2D eigenvalue weighted by Gasteiger charge is 2.01. The van der Waals surface area contributed by atoms with Gasteiger partial charge in [-0.2, -0.15) is 0 Å². The van der Waals surface area contributed by atoms with Crippen LogP contribution in [0.2, 0.25) is 0 Å². The zero-order valence-electron chi connectivity index (χ0n) is 8.79. The van der Waals surface area contributed by atoms with E-state index in [-0.39, 0.29) is 0 Å². The summed E-state index contributed by atoms with van der Waals surface area (Å²) in [4.78, 5) is 0. The Morgan fingerprint density at radius 1 is 1.29 bits per heavy atom. The Kier molecular flexibility index (Phi) is 4.17. The van der Waals surface area contributed by atoms with E-state index in [9.17, 15) is 0 Å². The summed E-state index contributed by atoms with van der Waals surface area (Å²) >= 11 is 0. The topological polar surface area (TPSA) is 33.1 Å². The van der Waals surface area contributed by atoms with Gasteiger partial charge in [-0.3, -0.25) is 5.41 Å². The van der Waals surface area contributed by atoms with Crippen LogP contribution in [0.5, 0.6) is 0 Å². The van der Waals surface area contributed by atoms with Gasteiger partial charge in [-0.1, -0.05) is 44.2 Å². The standard InChI is InChI=1S/C12H17NO/c1-10(2)9-14-12(13)8-11-6-4-3-5-7-11/h3-7,10,13H,8-9H2,1-2H3. The smallest absolute Gasteiger partial charge is 0.184 e. The molecule has 0 radical (unpaired) electrons. The van der Waals surface area contributed by atoms with Gasteiger partial charge in [0.1, 0.15) is 0 Å². The second-order valence-electron chi connectivity index (χ2n) is 3.79. The lowest BCUT2D eigenvalue weighted by Gasteiger charge is -2.09. The van der Waals surface area contributed by atoms with Crippen molar-refractivity contribution in [3.05, 3.63) is 35.9 Å². The van der Waals surface area contributed by atoms with Crippen molar-refractivity contribution in [3.8, 4) is 0 Å². The van der Waals surface area contributed by atoms with Crippen LogP contribution in [0.4, 0.5) is 0 Å². The SMILES string of the molecule is CC(C)COC(=N)Cc1ccccc1. The summed E-state index contributed by atoms with van der Waals surface area (Å²) in [5.41, 5.74) is 1.13. The van der Waals surface area contributed by atoms with Crippen molar-refractivity contribution >= 4 is 5.90 Å². The molecule has 1 aromatic rings. The van der Waals surface area contributed by atoms with E-state index in [0.717, 1.165) is 5.56 Å². The highest BCUT2D eigenvalue weighted by molar-refractivity contribution is 5.75. The zero-order chi connectivity index (χ0) is 10.4. The summed E-state index contributed by atoms with van der Waals surface area (Å²) in [6.07, 6.45) is 0.591. The Morgan fingerprint density at radius 2 is 1.93 bits per heavy atom. The third-order valence-corrected chi connectivity index (χ3v) is 1.80. The number of nitrogens with one attached hydrogen (secondary N) is 1. The van der Waals surface area contributed by atoms with Crippen LogP contribution in [0.3, 0.4) is 0 Å². The lowest BCUT2D eigenvalue weighted by molar-refractivity contribution is 0.251. The molecule has 0 aliphatic carbocycles. The van der Waals surface area contributed by atoms with Gasteiger partial charge < -0.3 is 4.74 Å². The molecule has 0 saturated heterocycles. The molecule has 76 valence electrons. The molecule has 0 unspecified atom stereocenters. The van der Waals surface area contributed by atoms with E-state index in [2.05, 4.69) is 13.8 Å². The normalized spacial score (nSPS) is 10.2.